The van der Waals surface area contributed by atoms with E-state index >= 15 is 0 Å². The maximum absolute atomic E-state index is 5.51. The molecule has 1 unspecified atom stereocenters. The Morgan fingerprint density at radius 1 is 0.895 bits per heavy atom. The monoisotopic (exact) mass is 257 g/mol. The summed E-state index contributed by atoms with van der Waals surface area (Å²) in [5.41, 5.74) is 2.26. The number of nitrogens with one attached hydrogen (secondary N) is 1. The third kappa shape index (κ3) is 2.71. The van der Waals surface area contributed by atoms with Crippen LogP contribution in [0.4, 0.5) is 0 Å². The van der Waals surface area contributed by atoms with Crippen molar-refractivity contribution in [2.45, 2.75) is 6.04 Å². The van der Waals surface area contributed by atoms with Gasteiger partial charge in [-0.25, -0.2) is 0 Å². The van der Waals surface area contributed by atoms with Crippen LogP contribution in [0.3, 0.4) is 0 Å². The third-order valence-electron chi connectivity index (χ3n) is 3.17. The van der Waals surface area contributed by atoms with Crippen LogP contribution in [0.2, 0.25) is 0 Å². The van der Waals surface area contributed by atoms with Crippen molar-refractivity contribution in [3.8, 4) is 11.5 Å². The van der Waals surface area contributed by atoms with Gasteiger partial charge >= 0.3 is 0 Å². The van der Waals surface area contributed by atoms with E-state index in [1.165, 1.54) is 5.56 Å². The average Bonchev–Trinajstić information content (AvgIpc) is 2.48. The van der Waals surface area contributed by atoms with Gasteiger partial charge in [-0.1, -0.05) is 42.5 Å². The highest BCUT2D eigenvalue weighted by molar-refractivity contribution is 5.50. The summed E-state index contributed by atoms with van der Waals surface area (Å²) in [4.78, 5) is 0. The molecule has 0 heterocycles. The van der Waals surface area contributed by atoms with E-state index in [2.05, 4.69) is 23.5 Å². The Balaban J connectivity index is 2.50. The van der Waals surface area contributed by atoms with Gasteiger partial charge in [0.25, 0.3) is 0 Å². The largest absolute Gasteiger partial charge is 0.493 e. The van der Waals surface area contributed by atoms with E-state index < -0.39 is 0 Å². The van der Waals surface area contributed by atoms with E-state index in [-0.39, 0.29) is 6.04 Å². The zero-order valence-electron chi connectivity index (χ0n) is 11.5. The molecule has 0 radical (unpaired) electrons. The van der Waals surface area contributed by atoms with Gasteiger partial charge in [-0.2, -0.15) is 0 Å². The highest BCUT2D eigenvalue weighted by Gasteiger charge is 2.18. The molecule has 1 N–H and O–H groups in total. The summed E-state index contributed by atoms with van der Waals surface area (Å²) in [6.07, 6.45) is 0. The highest BCUT2D eigenvalue weighted by Crippen LogP contribution is 2.36. The Morgan fingerprint density at radius 2 is 1.63 bits per heavy atom. The van der Waals surface area contributed by atoms with Crippen LogP contribution in [0.25, 0.3) is 0 Å². The predicted octanol–water partition coefficient (Wildman–Crippen LogP) is 3.01. The molecule has 0 aliphatic rings. The minimum Gasteiger partial charge on any atom is -0.493 e. The van der Waals surface area contributed by atoms with Crippen molar-refractivity contribution in [1.82, 2.24) is 5.32 Å². The fraction of sp³-hybridized carbons (Fsp3) is 0.250. The topological polar surface area (TPSA) is 30.5 Å². The fourth-order valence-electron chi connectivity index (χ4n) is 2.29. The van der Waals surface area contributed by atoms with Gasteiger partial charge in [0.2, 0.25) is 0 Å². The van der Waals surface area contributed by atoms with Crippen molar-refractivity contribution in [3.63, 3.8) is 0 Å². The molecule has 2 aromatic carbocycles. The standard InChI is InChI=1S/C16H19NO2/c1-17-15(12-8-5-4-6-9-12)13-10-7-11-14(18-2)16(13)19-3/h4-11,15,17H,1-3H3. The number of para-hydroxylation sites is 1. The molecule has 0 bridgehead atoms. The molecule has 0 aliphatic carbocycles. The average molecular weight is 257 g/mol. The highest BCUT2D eigenvalue weighted by atomic mass is 16.5. The quantitative estimate of drug-likeness (QED) is 0.893. The lowest BCUT2D eigenvalue weighted by molar-refractivity contribution is 0.349. The van der Waals surface area contributed by atoms with Crippen LogP contribution in [-0.4, -0.2) is 21.3 Å². The number of benzene rings is 2. The maximum atomic E-state index is 5.51. The van der Waals surface area contributed by atoms with E-state index in [9.17, 15) is 0 Å². The Kier molecular flexibility index (Phi) is 4.42. The second-order valence-electron chi connectivity index (χ2n) is 4.22. The lowest BCUT2D eigenvalue weighted by Gasteiger charge is -2.21. The Bertz CT molecular complexity index is 526. The molecule has 3 nitrogen and oxygen atoms in total. The molecule has 2 rings (SSSR count). The molecular weight excluding hydrogens is 238 g/mol. The minimum atomic E-state index is 0.0752. The van der Waals surface area contributed by atoms with Gasteiger partial charge in [0.15, 0.2) is 11.5 Å². The van der Waals surface area contributed by atoms with Crippen LogP contribution >= 0.6 is 0 Å². The van der Waals surface area contributed by atoms with Crippen LogP contribution in [0.1, 0.15) is 17.2 Å². The van der Waals surface area contributed by atoms with E-state index in [4.69, 9.17) is 9.47 Å². The molecule has 0 saturated heterocycles. The summed E-state index contributed by atoms with van der Waals surface area (Å²) in [6.45, 7) is 0. The SMILES string of the molecule is CNC(c1ccccc1)c1cccc(OC)c1OC. The van der Waals surface area contributed by atoms with Gasteiger partial charge in [0.05, 0.1) is 20.3 Å². The Hall–Kier alpha value is -2.00. The zero-order chi connectivity index (χ0) is 13.7. The summed E-state index contributed by atoms with van der Waals surface area (Å²) >= 11 is 0. The van der Waals surface area contributed by atoms with Crippen LogP contribution in [-0.2, 0) is 0 Å². The molecule has 0 spiro atoms. The maximum Gasteiger partial charge on any atom is 0.165 e. The van der Waals surface area contributed by atoms with E-state index in [1.807, 2.05) is 37.4 Å². The molecule has 1 atom stereocenters. The second-order valence-corrected chi connectivity index (χ2v) is 4.22. The molecule has 0 aromatic heterocycles. The first-order valence-corrected chi connectivity index (χ1v) is 6.25. The van der Waals surface area contributed by atoms with E-state index in [0.717, 1.165) is 17.1 Å². The number of ether oxygens (including phenoxy) is 2. The normalized spacial score (nSPS) is 11.9. The van der Waals surface area contributed by atoms with Crippen LogP contribution in [0.5, 0.6) is 11.5 Å². The van der Waals surface area contributed by atoms with Crippen molar-refractivity contribution in [2.24, 2.45) is 0 Å². The first kappa shape index (κ1) is 13.4. The smallest absolute Gasteiger partial charge is 0.165 e. The molecule has 0 saturated carbocycles. The molecular formula is C16H19NO2. The van der Waals surface area contributed by atoms with Crippen LogP contribution < -0.4 is 14.8 Å². The van der Waals surface area contributed by atoms with Gasteiger partial charge < -0.3 is 14.8 Å². The second kappa shape index (κ2) is 6.25. The van der Waals surface area contributed by atoms with Gasteiger partial charge in [-0.3, -0.25) is 0 Å². The number of hydrogen-bond donors (Lipinski definition) is 1. The van der Waals surface area contributed by atoms with Crippen molar-refractivity contribution in [2.75, 3.05) is 21.3 Å². The molecule has 0 aliphatic heterocycles. The summed E-state index contributed by atoms with van der Waals surface area (Å²) in [5, 5.41) is 3.33. The Morgan fingerprint density at radius 3 is 2.21 bits per heavy atom. The van der Waals surface area contributed by atoms with Gasteiger partial charge in [-0.05, 0) is 18.7 Å². The predicted molar refractivity (Wildman–Crippen MR) is 76.9 cm³/mol. The van der Waals surface area contributed by atoms with E-state index in [0.29, 0.717) is 0 Å². The minimum absolute atomic E-state index is 0.0752. The Labute approximate surface area is 114 Å². The summed E-state index contributed by atoms with van der Waals surface area (Å²) in [7, 11) is 5.26. The van der Waals surface area contributed by atoms with Crippen LogP contribution in [0, 0.1) is 0 Å². The van der Waals surface area contributed by atoms with Crippen molar-refractivity contribution in [1.29, 1.82) is 0 Å². The summed E-state index contributed by atoms with van der Waals surface area (Å²) < 4.78 is 10.9. The number of rotatable bonds is 5. The molecule has 100 valence electrons. The molecule has 2 aromatic rings. The third-order valence-corrected chi connectivity index (χ3v) is 3.17. The summed E-state index contributed by atoms with van der Waals surface area (Å²) in [5.74, 6) is 1.52. The first-order chi connectivity index (χ1) is 9.31. The molecule has 0 amide bonds. The number of hydrogen-bond acceptors (Lipinski definition) is 3. The first-order valence-electron chi connectivity index (χ1n) is 6.25. The number of methoxy groups -OCH3 is 2. The van der Waals surface area contributed by atoms with E-state index in [1.54, 1.807) is 14.2 Å². The lowest BCUT2D eigenvalue weighted by atomic mass is 9.97. The van der Waals surface area contributed by atoms with Gasteiger partial charge in [0, 0.05) is 5.56 Å². The van der Waals surface area contributed by atoms with Gasteiger partial charge in [0.1, 0.15) is 0 Å². The van der Waals surface area contributed by atoms with Crippen molar-refractivity contribution in [3.05, 3.63) is 59.7 Å². The molecule has 3 heteroatoms. The van der Waals surface area contributed by atoms with Crippen molar-refractivity contribution < 1.29 is 9.47 Å². The van der Waals surface area contributed by atoms with Gasteiger partial charge in [-0.15, -0.1) is 0 Å². The fourth-order valence-corrected chi connectivity index (χ4v) is 2.29. The lowest BCUT2D eigenvalue weighted by Crippen LogP contribution is -2.18. The van der Waals surface area contributed by atoms with Crippen LogP contribution in [0.15, 0.2) is 48.5 Å². The molecule has 0 fully saturated rings. The van der Waals surface area contributed by atoms with Crippen molar-refractivity contribution >= 4 is 0 Å². The zero-order valence-corrected chi connectivity index (χ0v) is 11.5. The summed E-state index contributed by atoms with van der Waals surface area (Å²) in [6, 6.07) is 16.3. The molecule has 19 heavy (non-hydrogen) atoms.